The van der Waals surface area contributed by atoms with Gasteiger partial charge in [-0.3, -0.25) is 0 Å². The van der Waals surface area contributed by atoms with Crippen LogP contribution in [0, 0.1) is 11.6 Å². The molecule has 0 radical (unpaired) electrons. The summed E-state index contributed by atoms with van der Waals surface area (Å²) in [5.74, 6) is -1.06. The zero-order valence-electron chi connectivity index (χ0n) is 8.48. The largest absolute Gasteiger partial charge is 0.397 e. The van der Waals surface area contributed by atoms with Crippen LogP contribution < -0.4 is 5.73 Å². The van der Waals surface area contributed by atoms with Gasteiger partial charge in [-0.15, -0.1) is 0 Å². The van der Waals surface area contributed by atoms with Crippen LogP contribution in [0.15, 0.2) is 34.8 Å². The minimum atomic E-state index is -0.557. The summed E-state index contributed by atoms with van der Waals surface area (Å²) in [6.45, 7) is 0. The summed E-state index contributed by atoms with van der Waals surface area (Å²) in [7, 11) is 0. The Kier molecular flexibility index (Phi) is 3.35. The van der Waals surface area contributed by atoms with E-state index >= 15 is 0 Å². The number of hydrogen-bond donors (Lipinski definition) is 1. The zero-order valence-corrected chi connectivity index (χ0v) is 10.8. The molecular weight excluding hydrogens is 311 g/mol. The molecule has 2 aromatic rings. The molecule has 2 aromatic carbocycles. The minimum Gasteiger partial charge on any atom is -0.397 e. The molecule has 0 aliphatic rings. The number of anilines is 1. The van der Waals surface area contributed by atoms with Crippen molar-refractivity contribution in [1.29, 1.82) is 0 Å². The van der Waals surface area contributed by atoms with E-state index in [1.165, 1.54) is 6.07 Å². The standard InChI is InChI=1S/C12H7BrClF2N/c13-9-3-1-2-7(11(9)16)8-4-6(15)5-10(14)12(8)17/h1-5H,17H2. The van der Waals surface area contributed by atoms with Crippen molar-refractivity contribution in [1.82, 2.24) is 0 Å². The Balaban J connectivity index is 2.73. The second-order valence-corrected chi connectivity index (χ2v) is 4.71. The van der Waals surface area contributed by atoms with Crippen LogP contribution in [-0.4, -0.2) is 0 Å². The van der Waals surface area contributed by atoms with Crippen LogP contribution in [0.3, 0.4) is 0 Å². The maximum atomic E-state index is 13.9. The molecule has 0 bridgehead atoms. The Morgan fingerprint density at radius 3 is 2.53 bits per heavy atom. The van der Waals surface area contributed by atoms with Crippen molar-refractivity contribution in [3.63, 3.8) is 0 Å². The second-order valence-electron chi connectivity index (χ2n) is 3.45. The van der Waals surface area contributed by atoms with E-state index in [9.17, 15) is 8.78 Å². The van der Waals surface area contributed by atoms with Crippen LogP contribution in [0.1, 0.15) is 0 Å². The Morgan fingerprint density at radius 2 is 1.82 bits per heavy atom. The van der Waals surface area contributed by atoms with Gasteiger partial charge >= 0.3 is 0 Å². The third-order valence-corrected chi connectivity index (χ3v) is 3.26. The van der Waals surface area contributed by atoms with Gasteiger partial charge in [0.1, 0.15) is 11.6 Å². The van der Waals surface area contributed by atoms with Gasteiger partial charge in [0.25, 0.3) is 0 Å². The van der Waals surface area contributed by atoms with Crippen molar-refractivity contribution >= 4 is 33.2 Å². The lowest BCUT2D eigenvalue weighted by atomic mass is 10.0. The van der Waals surface area contributed by atoms with Gasteiger partial charge in [-0.1, -0.05) is 23.7 Å². The molecule has 17 heavy (non-hydrogen) atoms. The van der Waals surface area contributed by atoms with E-state index in [2.05, 4.69) is 15.9 Å². The Morgan fingerprint density at radius 1 is 1.12 bits per heavy atom. The Labute approximate surface area is 110 Å². The van der Waals surface area contributed by atoms with E-state index in [0.29, 0.717) is 0 Å². The number of halogens is 4. The molecule has 0 aliphatic carbocycles. The van der Waals surface area contributed by atoms with Crippen molar-refractivity contribution < 1.29 is 8.78 Å². The van der Waals surface area contributed by atoms with Crippen molar-refractivity contribution in [2.75, 3.05) is 5.73 Å². The summed E-state index contributed by atoms with van der Waals surface area (Å²) < 4.78 is 27.4. The summed E-state index contributed by atoms with van der Waals surface area (Å²) in [4.78, 5) is 0. The van der Waals surface area contributed by atoms with Gasteiger partial charge in [-0.25, -0.2) is 8.78 Å². The SMILES string of the molecule is Nc1c(Cl)cc(F)cc1-c1cccc(Br)c1F. The van der Waals surface area contributed by atoms with Gasteiger partial charge in [-0.05, 0) is 34.1 Å². The average molecular weight is 319 g/mol. The predicted molar refractivity (Wildman–Crippen MR) is 68.9 cm³/mol. The number of rotatable bonds is 1. The number of benzene rings is 2. The van der Waals surface area contributed by atoms with Crippen LogP contribution in [0.2, 0.25) is 5.02 Å². The van der Waals surface area contributed by atoms with Gasteiger partial charge in [0.05, 0.1) is 15.2 Å². The van der Waals surface area contributed by atoms with Crippen molar-refractivity contribution in [2.45, 2.75) is 0 Å². The van der Waals surface area contributed by atoms with Gasteiger partial charge in [-0.2, -0.15) is 0 Å². The van der Waals surface area contributed by atoms with Crippen LogP contribution >= 0.6 is 27.5 Å². The quantitative estimate of drug-likeness (QED) is 0.762. The molecule has 2 N–H and O–H groups in total. The summed E-state index contributed by atoms with van der Waals surface area (Å²) in [6.07, 6.45) is 0. The Hall–Kier alpha value is -1.13. The first-order valence-corrected chi connectivity index (χ1v) is 5.86. The van der Waals surface area contributed by atoms with E-state index in [4.69, 9.17) is 17.3 Å². The molecule has 88 valence electrons. The molecule has 0 atom stereocenters. The molecule has 0 spiro atoms. The van der Waals surface area contributed by atoms with Crippen LogP contribution in [0.5, 0.6) is 0 Å². The fourth-order valence-corrected chi connectivity index (χ4v) is 2.09. The maximum absolute atomic E-state index is 13.9. The average Bonchev–Trinajstić information content (AvgIpc) is 2.27. The number of hydrogen-bond acceptors (Lipinski definition) is 1. The highest BCUT2D eigenvalue weighted by Crippen LogP contribution is 2.35. The van der Waals surface area contributed by atoms with E-state index in [1.807, 2.05) is 0 Å². The molecule has 0 saturated heterocycles. The third-order valence-electron chi connectivity index (χ3n) is 2.34. The molecule has 0 aromatic heterocycles. The third kappa shape index (κ3) is 2.28. The number of nitrogen functional groups attached to an aromatic ring is 1. The lowest BCUT2D eigenvalue weighted by Crippen LogP contribution is -1.95. The molecular formula is C12H7BrClF2N. The van der Waals surface area contributed by atoms with Gasteiger partial charge < -0.3 is 5.73 Å². The molecule has 2 rings (SSSR count). The van der Waals surface area contributed by atoms with Gasteiger partial charge in [0.15, 0.2) is 0 Å². The van der Waals surface area contributed by atoms with Crippen LogP contribution in [-0.2, 0) is 0 Å². The lowest BCUT2D eigenvalue weighted by Gasteiger charge is -2.09. The van der Waals surface area contributed by atoms with E-state index in [1.54, 1.807) is 12.1 Å². The summed E-state index contributed by atoms with van der Waals surface area (Å²) in [5.41, 5.74) is 6.33. The van der Waals surface area contributed by atoms with Crippen LogP contribution in [0.25, 0.3) is 11.1 Å². The first-order valence-electron chi connectivity index (χ1n) is 4.69. The first kappa shape index (κ1) is 12.3. The maximum Gasteiger partial charge on any atom is 0.145 e. The highest BCUT2D eigenvalue weighted by atomic mass is 79.9. The predicted octanol–water partition coefficient (Wildman–Crippen LogP) is 4.63. The highest BCUT2D eigenvalue weighted by molar-refractivity contribution is 9.10. The van der Waals surface area contributed by atoms with Gasteiger partial charge in [0, 0.05) is 11.1 Å². The molecule has 0 aliphatic heterocycles. The van der Waals surface area contributed by atoms with E-state index < -0.39 is 11.6 Å². The van der Waals surface area contributed by atoms with Gasteiger partial charge in [0.2, 0.25) is 0 Å². The molecule has 5 heteroatoms. The molecule has 0 heterocycles. The van der Waals surface area contributed by atoms with E-state index in [-0.39, 0.29) is 26.3 Å². The monoisotopic (exact) mass is 317 g/mol. The topological polar surface area (TPSA) is 26.0 Å². The Bertz CT molecular complexity index is 587. The van der Waals surface area contributed by atoms with Crippen molar-refractivity contribution in [3.8, 4) is 11.1 Å². The highest BCUT2D eigenvalue weighted by Gasteiger charge is 2.14. The van der Waals surface area contributed by atoms with Crippen molar-refractivity contribution in [3.05, 3.63) is 51.5 Å². The molecule has 0 fully saturated rings. The molecule has 1 nitrogen and oxygen atoms in total. The minimum absolute atomic E-state index is 0.0689. The fourth-order valence-electron chi connectivity index (χ4n) is 1.52. The second kappa shape index (κ2) is 4.63. The van der Waals surface area contributed by atoms with Crippen LogP contribution in [0.4, 0.5) is 14.5 Å². The lowest BCUT2D eigenvalue weighted by molar-refractivity contribution is 0.621. The molecule has 0 saturated carbocycles. The first-order chi connectivity index (χ1) is 8.00. The smallest absolute Gasteiger partial charge is 0.145 e. The molecule has 0 unspecified atom stereocenters. The number of nitrogens with two attached hydrogens (primary N) is 1. The normalized spacial score (nSPS) is 10.6. The van der Waals surface area contributed by atoms with Crippen molar-refractivity contribution in [2.24, 2.45) is 0 Å². The molecule has 0 amide bonds. The zero-order chi connectivity index (χ0) is 12.6. The fraction of sp³-hybridized carbons (Fsp3) is 0. The van der Waals surface area contributed by atoms with E-state index in [0.717, 1.165) is 12.1 Å². The summed E-state index contributed by atoms with van der Waals surface area (Å²) in [5, 5.41) is 0.0689. The summed E-state index contributed by atoms with van der Waals surface area (Å²) >= 11 is 8.82. The summed E-state index contributed by atoms with van der Waals surface area (Å²) in [6, 6.07) is 6.96.